The highest BCUT2D eigenvalue weighted by Gasteiger charge is 2.16. The molecule has 0 bridgehead atoms. The Kier molecular flexibility index (Phi) is 4.62. The molecule has 0 spiro atoms. The van der Waals surface area contributed by atoms with Crippen molar-refractivity contribution in [3.05, 3.63) is 42.0 Å². The second-order valence-electron chi connectivity index (χ2n) is 5.78. The van der Waals surface area contributed by atoms with E-state index >= 15 is 0 Å². The molecule has 0 atom stereocenters. The summed E-state index contributed by atoms with van der Waals surface area (Å²) >= 11 is 1.42. The second-order valence-corrected chi connectivity index (χ2v) is 6.82. The van der Waals surface area contributed by atoms with Crippen molar-refractivity contribution in [1.29, 1.82) is 0 Å². The third-order valence-electron chi connectivity index (χ3n) is 3.90. The summed E-state index contributed by atoms with van der Waals surface area (Å²) in [6, 6.07) is 11.3. The van der Waals surface area contributed by atoms with Crippen LogP contribution in [0.3, 0.4) is 0 Å². The number of nitrogens with zero attached hydrogens (tertiary/aromatic N) is 1. The quantitative estimate of drug-likeness (QED) is 0.742. The topological polar surface area (TPSA) is 69.7 Å². The summed E-state index contributed by atoms with van der Waals surface area (Å²) in [5, 5.41) is 3.43. The number of carbonyl (C=O) groups is 1. The van der Waals surface area contributed by atoms with E-state index in [1.54, 1.807) is 0 Å². The van der Waals surface area contributed by atoms with Gasteiger partial charge in [-0.1, -0.05) is 23.5 Å². The summed E-state index contributed by atoms with van der Waals surface area (Å²) in [6.45, 7) is 3.64. The number of hydrogen-bond donors (Lipinski definition) is 1. The molecule has 26 heavy (non-hydrogen) atoms. The Labute approximate surface area is 154 Å². The van der Waals surface area contributed by atoms with Gasteiger partial charge in [0, 0.05) is 12.1 Å². The molecule has 0 saturated heterocycles. The van der Waals surface area contributed by atoms with E-state index in [0.29, 0.717) is 30.7 Å². The molecule has 2 aromatic carbocycles. The van der Waals surface area contributed by atoms with Crippen molar-refractivity contribution in [3.63, 3.8) is 0 Å². The van der Waals surface area contributed by atoms with Gasteiger partial charge in [-0.15, -0.1) is 0 Å². The van der Waals surface area contributed by atoms with Crippen LogP contribution in [-0.4, -0.2) is 30.7 Å². The first-order valence-corrected chi connectivity index (χ1v) is 9.24. The van der Waals surface area contributed by atoms with E-state index in [0.717, 1.165) is 27.3 Å². The number of carbonyl (C=O) groups excluding carboxylic acids is 1. The molecule has 2 heterocycles. The molecule has 1 N–H and O–H groups in total. The molecule has 0 saturated carbocycles. The van der Waals surface area contributed by atoms with Crippen molar-refractivity contribution < 1.29 is 19.0 Å². The average molecular weight is 370 g/mol. The molecule has 1 aliphatic heterocycles. The van der Waals surface area contributed by atoms with Gasteiger partial charge < -0.3 is 19.5 Å². The maximum atomic E-state index is 12.3. The largest absolute Gasteiger partial charge is 0.494 e. The molecular weight excluding hydrogens is 352 g/mol. The van der Waals surface area contributed by atoms with Gasteiger partial charge in [-0.2, -0.15) is 0 Å². The van der Waals surface area contributed by atoms with E-state index in [1.807, 2.05) is 43.3 Å². The Morgan fingerprint density at radius 3 is 2.65 bits per heavy atom. The molecule has 0 unspecified atom stereocenters. The van der Waals surface area contributed by atoms with E-state index in [4.69, 9.17) is 14.2 Å². The van der Waals surface area contributed by atoms with Crippen LogP contribution in [0.5, 0.6) is 17.2 Å². The second kappa shape index (κ2) is 7.21. The molecule has 0 fully saturated rings. The van der Waals surface area contributed by atoms with Gasteiger partial charge >= 0.3 is 0 Å². The van der Waals surface area contributed by atoms with Crippen LogP contribution in [0, 0.1) is 0 Å². The van der Waals surface area contributed by atoms with E-state index in [-0.39, 0.29) is 12.3 Å². The summed E-state index contributed by atoms with van der Waals surface area (Å²) < 4.78 is 17.5. The highest BCUT2D eigenvalue weighted by atomic mass is 32.1. The van der Waals surface area contributed by atoms with Gasteiger partial charge in [0.05, 0.1) is 23.2 Å². The average Bonchev–Trinajstić information content (AvgIpc) is 3.02. The number of nitrogens with one attached hydrogen (secondary N) is 1. The van der Waals surface area contributed by atoms with E-state index in [9.17, 15) is 4.79 Å². The molecule has 7 heteroatoms. The van der Waals surface area contributed by atoms with Crippen molar-refractivity contribution in [2.45, 2.75) is 13.3 Å². The third kappa shape index (κ3) is 3.57. The van der Waals surface area contributed by atoms with Crippen LogP contribution in [0.15, 0.2) is 36.4 Å². The first kappa shape index (κ1) is 16.7. The lowest BCUT2D eigenvalue weighted by molar-refractivity contribution is -0.115. The Morgan fingerprint density at radius 2 is 1.92 bits per heavy atom. The van der Waals surface area contributed by atoms with Gasteiger partial charge in [0.1, 0.15) is 19.0 Å². The molecule has 134 valence electrons. The minimum absolute atomic E-state index is 0.106. The molecule has 1 amide bonds. The molecule has 0 radical (unpaired) electrons. The zero-order valence-electron chi connectivity index (χ0n) is 14.3. The van der Waals surface area contributed by atoms with Crippen LogP contribution in [-0.2, 0) is 11.2 Å². The van der Waals surface area contributed by atoms with Crippen molar-refractivity contribution in [2.24, 2.45) is 0 Å². The van der Waals surface area contributed by atoms with Crippen LogP contribution in [0.4, 0.5) is 5.13 Å². The number of fused-ring (bicyclic) bond motifs is 2. The number of thiazole rings is 1. The van der Waals surface area contributed by atoms with E-state index < -0.39 is 0 Å². The van der Waals surface area contributed by atoms with Crippen LogP contribution in [0.25, 0.3) is 10.2 Å². The summed E-state index contributed by atoms with van der Waals surface area (Å²) in [7, 11) is 0. The van der Waals surface area contributed by atoms with Crippen molar-refractivity contribution >= 4 is 32.6 Å². The summed E-state index contributed by atoms with van der Waals surface area (Å²) in [6.07, 6.45) is 0.283. The zero-order valence-corrected chi connectivity index (χ0v) is 15.1. The summed E-state index contributed by atoms with van der Waals surface area (Å²) in [4.78, 5) is 16.8. The van der Waals surface area contributed by atoms with E-state index in [2.05, 4.69) is 10.3 Å². The Morgan fingerprint density at radius 1 is 1.19 bits per heavy atom. The van der Waals surface area contributed by atoms with E-state index in [1.165, 1.54) is 11.3 Å². The summed E-state index contributed by atoms with van der Waals surface area (Å²) in [5.41, 5.74) is 1.71. The Hall–Kier alpha value is -2.80. The van der Waals surface area contributed by atoms with Crippen LogP contribution < -0.4 is 19.5 Å². The van der Waals surface area contributed by atoms with Crippen LogP contribution in [0.2, 0.25) is 0 Å². The number of aromatic nitrogens is 1. The molecule has 4 rings (SSSR count). The third-order valence-corrected chi connectivity index (χ3v) is 4.83. The monoisotopic (exact) mass is 370 g/mol. The van der Waals surface area contributed by atoms with Gasteiger partial charge in [-0.3, -0.25) is 4.79 Å². The van der Waals surface area contributed by atoms with Gasteiger partial charge in [0.25, 0.3) is 0 Å². The number of ether oxygens (including phenoxy) is 3. The lowest BCUT2D eigenvalue weighted by Crippen LogP contribution is -2.15. The van der Waals surface area contributed by atoms with Crippen molar-refractivity contribution in [2.75, 3.05) is 25.1 Å². The minimum Gasteiger partial charge on any atom is -0.494 e. The molecular formula is C19H18N2O4S. The molecule has 1 aromatic heterocycles. The first-order chi connectivity index (χ1) is 12.7. The van der Waals surface area contributed by atoms with Gasteiger partial charge in [0.15, 0.2) is 16.6 Å². The first-order valence-electron chi connectivity index (χ1n) is 8.43. The van der Waals surface area contributed by atoms with Gasteiger partial charge in [-0.25, -0.2) is 4.98 Å². The number of benzene rings is 2. The molecule has 1 aliphatic rings. The predicted molar refractivity (Wildman–Crippen MR) is 101 cm³/mol. The maximum Gasteiger partial charge on any atom is 0.230 e. The van der Waals surface area contributed by atoms with Crippen molar-refractivity contribution in [3.8, 4) is 17.2 Å². The highest BCUT2D eigenvalue weighted by Crippen LogP contribution is 2.37. The fourth-order valence-electron chi connectivity index (χ4n) is 2.74. The molecule has 0 aliphatic carbocycles. The predicted octanol–water partition coefficient (Wildman–Crippen LogP) is 3.65. The van der Waals surface area contributed by atoms with Crippen LogP contribution in [0.1, 0.15) is 12.5 Å². The number of rotatable bonds is 5. The zero-order chi connectivity index (χ0) is 17.9. The lowest BCUT2D eigenvalue weighted by Gasteiger charge is -2.17. The van der Waals surface area contributed by atoms with Crippen LogP contribution >= 0.6 is 11.3 Å². The maximum absolute atomic E-state index is 12.3. The number of hydrogen-bond acceptors (Lipinski definition) is 6. The normalized spacial score (nSPS) is 12.8. The van der Waals surface area contributed by atoms with Gasteiger partial charge in [-0.05, 0) is 24.6 Å². The highest BCUT2D eigenvalue weighted by molar-refractivity contribution is 7.22. The summed E-state index contributed by atoms with van der Waals surface area (Å²) in [5.74, 6) is 2.11. The minimum atomic E-state index is -0.106. The fourth-order valence-corrected chi connectivity index (χ4v) is 3.63. The lowest BCUT2D eigenvalue weighted by atomic mass is 10.1. The standard InChI is InChI=1S/C19H18N2O4S/c1-2-23-13-5-3-12(4-6-13)9-18(22)21-19-20-14-10-15-16(11-17(14)26-19)25-8-7-24-15/h3-6,10-11H,2,7-9H2,1H3,(H,20,21,22). The Balaban J connectivity index is 1.45. The van der Waals surface area contributed by atoms with Gasteiger partial charge in [0.2, 0.25) is 5.91 Å². The molecule has 6 nitrogen and oxygen atoms in total. The smallest absolute Gasteiger partial charge is 0.230 e. The fraction of sp³-hybridized carbons (Fsp3) is 0.263. The number of anilines is 1. The number of amides is 1. The van der Waals surface area contributed by atoms with Crippen molar-refractivity contribution in [1.82, 2.24) is 4.98 Å². The molecule has 3 aromatic rings. The Bertz CT molecular complexity index is 894. The SMILES string of the molecule is CCOc1ccc(CC(=O)Nc2nc3cc4c(cc3s2)OCCO4)cc1.